The third-order valence-electron chi connectivity index (χ3n) is 3.93. The number of para-hydroxylation sites is 1. The summed E-state index contributed by atoms with van der Waals surface area (Å²) in [6.45, 7) is 11.0. The minimum atomic E-state index is 0.157. The number of aryl methyl sites for hydroxylation is 1. The van der Waals surface area contributed by atoms with Crippen molar-refractivity contribution in [1.29, 1.82) is 0 Å². The van der Waals surface area contributed by atoms with Crippen molar-refractivity contribution in [2.24, 2.45) is 0 Å². The third kappa shape index (κ3) is 4.60. The molecule has 0 radical (unpaired) electrons. The molecule has 1 heterocycles. The van der Waals surface area contributed by atoms with Crippen molar-refractivity contribution < 1.29 is 0 Å². The molecule has 1 aromatic carbocycles. The van der Waals surface area contributed by atoms with Gasteiger partial charge < -0.3 is 9.88 Å². The molecule has 1 aromatic heterocycles. The van der Waals surface area contributed by atoms with Crippen molar-refractivity contribution in [3.63, 3.8) is 0 Å². The Morgan fingerprint density at radius 2 is 1.81 bits per heavy atom. The zero-order valence-corrected chi connectivity index (χ0v) is 14.1. The largest absolute Gasteiger partial charge is 0.347 e. The molecule has 21 heavy (non-hydrogen) atoms. The second kappa shape index (κ2) is 7.13. The second-order valence-electron chi connectivity index (χ2n) is 7.03. The van der Waals surface area contributed by atoms with Crippen LogP contribution in [0.5, 0.6) is 0 Å². The van der Waals surface area contributed by atoms with E-state index >= 15 is 0 Å². The van der Waals surface area contributed by atoms with Crippen LogP contribution in [0.4, 0.5) is 0 Å². The van der Waals surface area contributed by atoms with Crippen LogP contribution in [0, 0.1) is 0 Å². The fourth-order valence-corrected chi connectivity index (χ4v) is 2.72. The summed E-state index contributed by atoms with van der Waals surface area (Å²) in [5.74, 6) is 0. The average molecular weight is 286 g/mol. The quantitative estimate of drug-likeness (QED) is 0.700. The predicted octanol–water partition coefficient (Wildman–Crippen LogP) is 5.11. The van der Waals surface area contributed by atoms with Crippen LogP contribution in [0.3, 0.4) is 0 Å². The van der Waals surface area contributed by atoms with E-state index in [0.29, 0.717) is 0 Å². The second-order valence-corrected chi connectivity index (χ2v) is 7.03. The van der Waals surface area contributed by atoms with E-state index in [0.717, 1.165) is 13.1 Å². The van der Waals surface area contributed by atoms with Gasteiger partial charge in [-0.2, -0.15) is 0 Å². The normalized spacial score (nSPS) is 12.2. The van der Waals surface area contributed by atoms with Gasteiger partial charge in [0.25, 0.3) is 0 Å². The van der Waals surface area contributed by atoms with Gasteiger partial charge in [-0.15, -0.1) is 0 Å². The van der Waals surface area contributed by atoms with E-state index in [9.17, 15) is 0 Å². The molecule has 2 aromatic rings. The van der Waals surface area contributed by atoms with Crippen LogP contribution in [-0.4, -0.2) is 10.1 Å². The standard InChI is InChI=1S/C19H30N2/c1-5-6-7-10-13-21-15-16(14-20-19(2,3)4)17-11-8-9-12-18(17)21/h8-9,11-12,15,20H,5-7,10,13-14H2,1-4H3. The Hall–Kier alpha value is -1.28. The lowest BCUT2D eigenvalue weighted by Crippen LogP contribution is -2.34. The number of nitrogens with zero attached hydrogens (tertiary/aromatic N) is 1. The van der Waals surface area contributed by atoms with Crippen molar-refractivity contribution in [3.05, 3.63) is 36.0 Å². The Labute approximate surface area is 129 Å². The molecule has 1 N–H and O–H groups in total. The number of hydrogen-bond acceptors (Lipinski definition) is 1. The van der Waals surface area contributed by atoms with Crippen molar-refractivity contribution in [1.82, 2.24) is 9.88 Å². The molecule has 2 nitrogen and oxygen atoms in total. The van der Waals surface area contributed by atoms with Gasteiger partial charge in [-0.1, -0.05) is 44.4 Å². The minimum Gasteiger partial charge on any atom is -0.347 e. The molecule has 0 bridgehead atoms. The SMILES string of the molecule is CCCCCCn1cc(CNC(C)(C)C)c2ccccc21. The zero-order valence-electron chi connectivity index (χ0n) is 14.1. The molecule has 0 aliphatic carbocycles. The third-order valence-corrected chi connectivity index (χ3v) is 3.93. The van der Waals surface area contributed by atoms with E-state index in [2.05, 4.69) is 68.0 Å². The van der Waals surface area contributed by atoms with E-state index in [4.69, 9.17) is 0 Å². The fourth-order valence-electron chi connectivity index (χ4n) is 2.72. The molecular formula is C19H30N2. The van der Waals surface area contributed by atoms with E-state index in [1.165, 1.54) is 42.1 Å². The van der Waals surface area contributed by atoms with Crippen LogP contribution in [0.1, 0.15) is 58.9 Å². The first-order chi connectivity index (χ1) is 10.0. The van der Waals surface area contributed by atoms with Gasteiger partial charge in [0.05, 0.1) is 0 Å². The first-order valence-electron chi connectivity index (χ1n) is 8.33. The minimum absolute atomic E-state index is 0.157. The molecule has 0 amide bonds. The summed E-state index contributed by atoms with van der Waals surface area (Å²) in [4.78, 5) is 0. The predicted molar refractivity (Wildman–Crippen MR) is 92.7 cm³/mol. The van der Waals surface area contributed by atoms with Gasteiger partial charge in [0.2, 0.25) is 0 Å². The van der Waals surface area contributed by atoms with Crippen molar-refractivity contribution in [3.8, 4) is 0 Å². The number of unbranched alkanes of at least 4 members (excludes halogenated alkanes) is 3. The van der Waals surface area contributed by atoms with Crippen molar-refractivity contribution in [2.75, 3.05) is 0 Å². The Morgan fingerprint density at radius 1 is 1.05 bits per heavy atom. The van der Waals surface area contributed by atoms with Gasteiger partial charge >= 0.3 is 0 Å². The lowest BCUT2D eigenvalue weighted by Gasteiger charge is -2.20. The fraction of sp³-hybridized carbons (Fsp3) is 0.579. The Balaban J connectivity index is 2.14. The van der Waals surface area contributed by atoms with Crippen LogP contribution in [0.15, 0.2) is 30.5 Å². The van der Waals surface area contributed by atoms with Crippen LogP contribution >= 0.6 is 0 Å². The molecule has 0 saturated heterocycles. The molecule has 2 heteroatoms. The number of hydrogen-bond donors (Lipinski definition) is 1. The zero-order chi connectivity index (χ0) is 15.3. The molecule has 116 valence electrons. The summed E-state index contributed by atoms with van der Waals surface area (Å²) >= 11 is 0. The highest BCUT2D eigenvalue weighted by molar-refractivity contribution is 5.83. The van der Waals surface area contributed by atoms with E-state index in [1.807, 2.05) is 0 Å². The maximum absolute atomic E-state index is 3.61. The Bertz CT molecular complexity index is 560. The number of nitrogens with one attached hydrogen (secondary N) is 1. The van der Waals surface area contributed by atoms with Crippen LogP contribution in [0.25, 0.3) is 10.9 Å². The molecule has 2 rings (SSSR count). The van der Waals surface area contributed by atoms with Gasteiger partial charge in [-0.3, -0.25) is 0 Å². The smallest absolute Gasteiger partial charge is 0.0483 e. The van der Waals surface area contributed by atoms with Crippen LogP contribution in [-0.2, 0) is 13.1 Å². The Kier molecular flexibility index (Phi) is 5.46. The van der Waals surface area contributed by atoms with Crippen LogP contribution < -0.4 is 5.32 Å². The highest BCUT2D eigenvalue weighted by Gasteiger charge is 2.12. The first kappa shape index (κ1) is 16.1. The number of aromatic nitrogens is 1. The molecule has 0 fully saturated rings. The lowest BCUT2D eigenvalue weighted by atomic mass is 10.1. The van der Waals surface area contributed by atoms with Gasteiger partial charge in [0, 0.05) is 35.7 Å². The van der Waals surface area contributed by atoms with Gasteiger partial charge in [-0.25, -0.2) is 0 Å². The van der Waals surface area contributed by atoms with Gasteiger partial charge in [-0.05, 0) is 38.8 Å². The highest BCUT2D eigenvalue weighted by Crippen LogP contribution is 2.22. The number of fused-ring (bicyclic) bond motifs is 1. The molecule has 0 aliphatic rings. The van der Waals surface area contributed by atoms with Crippen molar-refractivity contribution >= 4 is 10.9 Å². The molecule has 0 aliphatic heterocycles. The first-order valence-corrected chi connectivity index (χ1v) is 8.33. The molecule has 0 unspecified atom stereocenters. The molecule has 0 spiro atoms. The number of benzene rings is 1. The van der Waals surface area contributed by atoms with E-state index < -0.39 is 0 Å². The Morgan fingerprint density at radius 3 is 2.52 bits per heavy atom. The summed E-state index contributed by atoms with van der Waals surface area (Å²) in [7, 11) is 0. The van der Waals surface area contributed by atoms with Crippen LogP contribution in [0.2, 0.25) is 0 Å². The maximum atomic E-state index is 3.61. The summed E-state index contributed by atoms with van der Waals surface area (Å²) in [5.41, 5.74) is 2.94. The van der Waals surface area contributed by atoms with E-state index in [1.54, 1.807) is 0 Å². The summed E-state index contributed by atoms with van der Waals surface area (Å²) < 4.78 is 2.44. The van der Waals surface area contributed by atoms with Crippen molar-refractivity contribution in [2.45, 2.75) is 72.0 Å². The number of rotatable bonds is 7. The van der Waals surface area contributed by atoms with Gasteiger partial charge in [0.1, 0.15) is 0 Å². The lowest BCUT2D eigenvalue weighted by molar-refractivity contribution is 0.424. The summed E-state index contributed by atoms with van der Waals surface area (Å²) in [6.07, 6.45) is 7.59. The summed E-state index contributed by atoms with van der Waals surface area (Å²) in [5, 5.41) is 5.00. The monoisotopic (exact) mass is 286 g/mol. The molecule has 0 saturated carbocycles. The molecular weight excluding hydrogens is 256 g/mol. The molecule has 0 atom stereocenters. The topological polar surface area (TPSA) is 17.0 Å². The highest BCUT2D eigenvalue weighted by atomic mass is 15.0. The average Bonchev–Trinajstić information content (AvgIpc) is 2.79. The van der Waals surface area contributed by atoms with Gasteiger partial charge in [0.15, 0.2) is 0 Å². The van der Waals surface area contributed by atoms with E-state index in [-0.39, 0.29) is 5.54 Å². The summed E-state index contributed by atoms with van der Waals surface area (Å²) in [6, 6.07) is 8.78. The maximum Gasteiger partial charge on any atom is 0.0483 e.